The molecule has 0 amide bonds. The van der Waals surface area contributed by atoms with Crippen LogP contribution in [-0.4, -0.2) is 32.5 Å². The van der Waals surface area contributed by atoms with E-state index in [1.807, 2.05) is 7.05 Å². The van der Waals surface area contributed by atoms with Crippen LogP contribution in [0, 0.1) is 5.92 Å². The molecular weight excluding hydrogens is 192 g/mol. The summed E-state index contributed by atoms with van der Waals surface area (Å²) in [5.41, 5.74) is 0. The summed E-state index contributed by atoms with van der Waals surface area (Å²) in [5, 5.41) is 16.6. The Labute approximate surface area is 89.5 Å². The van der Waals surface area contributed by atoms with Crippen LogP contribution in [0.3, 0.4) is 0 Å². The number of aryl methyl sites for hydroxylation is 1. The Morgan fingerprint density at radius 3 is 3.13 bits per heavy atom. The summed E-state index contributed by atoms with van der Waals surface area (Å²) < 4.78 is 1.77. The molecular formula is C10H18N4O. The number of hydrogen-bond donors (Lipinski definition) is 2. The standard InChI is InChI=1S/C10H18N4O/c1-14-10(12-7-13-14)5-11-9-4-2-3-8(9)6-15/h7-9,11,15H,2-6H2,1H3. The SMILES string of the molecule is Cn1ncnc1CNC1CCCC1CO. The van der Waals surface area contributed by atoms with Gasteiger partial charge in [-0.15, -0.1) is 0 Å². The summed E-state index contributed by atoms with van der Waals surface area (Å²) in [6.07, 6.45) is 5.06. The van der Waals surface area contributed by atoms with Crippen molar-refractivity contribution in [3.8, 4) is 0 Å². The minimum Gasteiger partial charge on any atom is -0.396 e. The van der Waals surface area contributed by atoms with Gasteiger partial charge < -0.3 is 10.4 Å². The van der Waals surface area contributed by atoms with E-state index in [-0.39, 0.29) is 6.61 Å². The smallest absolute Gasteiger partial charge is 0.140 e. The Hall–Kier alpha value is -0.940. The predicted molar refractivity (Wildman–Crippen MR) is 56.1 cm³/mol. The highest BCUT2D eigenvalue weighted by atomic mass is 16.3. The minimum atomic E-state index is 0.288. The van der Waals surface area contributed by atoms with Crippen molar-refractivity contribution in [1.82, 2.24) is 20.1 Å². The van der Waals surface area contributed by atoms with Crippen molar-refractivity contribution in [2.24, 2.45) is 13.0 Å². The number of nitrogens with one attached hydrogen (secondary N) is 1. The highest BCUT2D eigenvalue weighted by molar-refractivity contribution is 4.87. The Bertz CT molecular complexity index is 312. The van der Waals surface area contributed by atoms with E-state index < -0.39 is 0 Å². The van der Waals surface area contributed by atoms with E-state index in [1.54, 1.807) is 11.0 Å². The van der Waals surface area contributed by atoms with E-state index in [2.05, 4.69) is 15.4 Å². The van der Waals surface area contributed by atoms with Crippen molar-refractivity contribution in [1.29, 1.82) is 0 Å². The highest BCUT2D eigenvalue weighted by Crippen LogP contribution is 2.25. The van der Waals surface area contributed by atoms with Gasteiger partial charge in [-0.3, -0.25) is 4.68 Å². The summed E-state index contributed by atoms with van der Waals surface area (Å²) in [6, 6.07) is 0.437. The van der Waals surface area contributed by atoms with Crippen molar-refractivity contribution in [2.45, 2.75) is 31.8 Å². The molecule has 1 aromatic heterocycles. The summed E-state index contributed by atoms with van der Waals surface area (Å²) in [5.74, 6) is 1.36. The predicted octanol–water partition coefficient (Wildman–Crippen LogP) is 0.0657. The van der Waals surface area contributed by atoms with E-state index in [1.165, 1.54) is 6.42 Å². The third-order valence-electron chi connectivity index (χ3n) is 3.22. The molecule has 0 spiro atoms. The molecule has 84 valence electrons. The molecule has 0 aliphatic heterocycles. The van der Waals surface area contributed by atoms with Gasteiger partial charge in [0.2, 0.25) is 0 Å². The van der Waals surface area contributed by atoms with Gasteiger partial charge >= 0.3 is 0 Å². The lowest BCUT2D eigenvalue weighted by Crippen LogP contribution is -2.34. The van der Waals surface area contributed by atoms with E-state index >= 15 is 0 Å². The maximum Gasteiger partial charge on any atom is 0.140 e. The van der Waals surface area contributed by atoms with Crippen LogP contribution in [0.15, 0.2) is 6.33 Å². The van der Waals surface area contributed by atoms with Crippen molar-refractivity contribution in [3.63, 3.8) is 0 Å². The zero-order chi connectivity index (χ0) is 10.7. The van der Waals surface area contributed by atoms with Gasteiger partial charge in [-0.25, -0.2) is 4.98 Å². The van der Waals surface area contributed by atoms with Crippen LogP contribution in [-0.2, 0) is 13.6 Å². The van der Waals surface area contributed by atoms with Crippen LogP contribution in [0.1, 0.15) is 25.1 Å². The Morgan fingerprint density at radius 2 is 2.47 bits per heavy atom. The van der Waals surface area contributed by atoms with Crippen molar-refractivity contribution < 1.29 is 5.11 Å². The fourth-order valence-corrected chi connectivity index (χ4v) is 2.23. The van der Waals surface area contributed by atoms with Crippen LogP contribution < -0.4 is 5.32 Å². The van der Waals surface area contributed by atoms with Gasteiger partial charge in [0.05, 0.1) is 6.54 Å². The lowest BCUT2D eigenvalue weighted by molar-refractivity contribution is 0.204. The van der Waals surface area contributed by atoms with Crippen LogP contribution >= 0.6 is 0 Å². The zero-order valence-electron chi connectivity index (χ0n) is 9.06. The van der Waals surface area contributed by atoms with E-state index in [4.69, 9.17) is 0 Å². The lowest BCUT2D eigenvalue weighted by Gasteiger charge is -2.18. The average molecular weight is 210 g/mol. The third kappa shape index (κ3) is 2.35. The molecule has 1 fully saturated rings. The van der Waals surface area contributed by atoms with Crippen molar-refractivity contribution in [3.05, 3.63) is 12.2 Å². The summed E-state index contributed by atoms with van der Waals surface area (Å²) in [6.45, 7) is 1.02. The monoisotopic (exact) mass is 210 g/mol. The summed E-state index contributed by atoms with van der Waals surface area (Å²) in [7, 11) is 1.89. The Balaban J connectivity index is 1.85. The maximum absolute atomic E-state index is 9.18. The first-order valence-electron chi connectivity index (χ1n) is 5.48. The number of hydrogen-bond acceptors (Lipinski definition) is 4. The molecule has 2 atom stereocenters. The van der Waals surface area contributed by atoms with Gasteiger partial charge in [-0.1, -0.05) is 6.42 Å². The molecule has 2 rings (SSSR count). The van der Waals surface area contributed by atoms with E-state index in [9.17, 15) is 5.11 Å². The van der Waals surface area contributed by atoms with Gasteiger partial charge in [0.15, 0.2) is 0 Å². The molecule has 2 unspecified atom stereocenters. The van der Waals surface area contributed by atoms with Crippen LogP contribution in [0.25, 0.3) is 0 Å². The third-order valence-corrected chi connectivity index (χ3v) is 3.22. The molecule has 1 aliphatic rings. The van der Waals surface area contributed by atoms with Crippen LogP contribution in [0.2, 0.25) is 0 Å². The maximum atomic E-state index is 9.18. The molecule has 0 radical (unpaired) electrons. The number of nitrogens with zero attached hydrogens (tertiary/aromatic N) is 3. The molecule has 5 heteroatoms. The van der Waals surface area contributed by atoms with Gasteiger partial charge in [-0.05, 0) is 18.8 Å². The molecule has 0 aromatic carbocycles. The van der Waals surface area contributed by atoms with E-state index in [0.29, 0.717) is 12.0 Å². The Morgan fingerprint density at radius 1 is 1.60 bits per heavy atom. The summed E-state index contributed by atoms with van der Waals surface area (Å²) in [4.78, 5) is 4.15. The van der Waals surface area contributed by atoms with Crippen molar-refractivity contribution in [2.75, 3.05) is 6.61 Å². The Kier molecular flexibility index (Phi) is 3.33. The van der Waals surface area contributed by atoms with Crippen LogP contribution in [0.4, 0.5) is 0 Å². The molecule has 1 heterocycles. The molecule has 15 heavy (non-hydrogen) atoms. The fourth-order valence-electron chi connectivity index (χ4n) is 2.23. The molecule has 5 nitrogen and oxygen atoms in total. The first-order valence-corrected chi connectivity index (χ1v) is 5.48. The number of aromatic nitrogens is 3. The largest absolute Gasteiger partial charge is 0.396 e. The molecule has 0 bridgehead atoms. The molecule has 1 saturated carbocycles. The fraction of sp³-hybridized carbons (Fsp3) is 0.800. The number of aliphatic hydroxyl groups excluding tert-OH is 1. The van der Waals surface area contributed by atoms with Gasteiger partial charge in [0.25, 0.3) is 0 Å². The van der Waals surface area contributed by atoms with Gasteiger partial charge in [0.1, 0.15) is 12.2 Å². The lowest BCUT2D eigenvalue weighted by atomic mass is 10.1. The molecule has 1 aliphatic carbocycles. The van der Waals surface area contributed by atoms with Crippen molar-refractivity contribution >= 4 is 0 Å². The second kappa shape index (κ2) is 4.72. The molecule has 2 N–H and O–H groups in total. The molecule has 0 saturated heterocycles. The quantitative estimate of drug-likeness (QED) is 0.738. The minimum absolute atomic E-state index is 0.288. The van der Waals surface area contributed by atoms with E-state index in [0.717, 1.165) is 25.2 Å². The first-order chi connectivity index (χ1) is 7.31. The number of aliphatic hydroxyl groups is 1. The van der Waals surface area contributed by atoms with Gasteiger partial charge in [0, 0.05) is 19.7 Å². The normalized spacial score (nSPS) is 26.0. The first kappa shape index (κ1) is 10.6. The van der Waals surface area contributed by atoms with Gasteiger partial charge in [-0.2, -0.15) is 5.10 Å². The van der Waals surface area contributed by atoms with Crippen LogP contribution in [0.5, 0.6) is 0 Å². The zero-order valence-corrected chi connectivity index (χ0v) is 9.06. The topological polar surface area (TPSA) is 63.0 Å². The number of rotatable bonds is 4. The summed E-state index contributed by atoms with van der Waals surface area (Å²) >= 11 is 0. The second-order valence-corrected chi connectivity index (χ2v) is 4.16. The molecule has 1 aromatic rings. The second-order valence-electron chi connectivity index (χ2n) is 4.16. The average Bonchev–Trinajstić information content (AvgIpc) is 2.83. The highest BCUT2D eigenvalue weighted by Gasteiger charge is 2.26.